The van der Waals surface area contributed by atoms with Gasteiger partial charge in [0.2, 0.25) is 0 Å². The highest BCUT2D eigenvalue weighted by atomic mass is 16.5. The van der Waals surface area contributed by atoms with Crippen LogP contribution in [-0.4, -0.2) is 30.8 Å². The lowest BCUT2D eigenvalue weighted by atomic mass is 10.0. The van der Waals surface area contributed by atoms with Gasteiger partial charge in [-0.15, -0.1) is 0 Å². The van der Waals surface area contributed by atoms with Gasteiger partial charge in [-0.3, -0.25) is 9.79 Å². The smallest absolute Gasteiger partial charge is 0.251 e. The number of carbonyl (C=O) groups is 1. The molecule has 0 spiro atoms. The summed E-state index contributed by atoms with van der Waals surface area (Å²) in [6, 6.07) is 7.56. The Morgan fingerprint density at radius 3 is 3.03 bits per heavy atom. The third-order valence-electron chi connectivity index (χ3n) is 4.86. The molecule has 0 unspecified atom stereocenters. The molecule has 1 aliphatic heterocycles. The molecule has 1 amide bonds. The van der Waals surface area contributed by atoms with Gasteiger partial charge in [0, 0.05) is 55.3 Å². The molecule has 0 saturated heterocycles. The number of nitrogens with zero attached hydrogens (tertiary/aromatic N) is 2. The number of aliphatic imine (C=N–C) groups is 1. The molecule has 0 saturated carbocycles. The van der Waals surface area contributed by atoms with Crippen molar-refractivity contribution in [1.82, 2.24) is 10.3 Å². The van der Waals surface area contributed by atoms with Gasteiger partial charge in [-0.2, -0.15) is 0 Å². The number of fused-ring (bicyclic) bond motifs is 1. The molecule has 6 heteroatoms. The number of ether oxygens (including phenoxy) is 1. The quantitative estimate of drug-likeness (QED) is 0.640. The molecule has 2 heterocycles. The molecule has 30 heavy (non-hydrogen) atoms. The summed E-state index contributed by atoms with van der Waals surface area (Å²) in [6.07, 6.45) is 11.2. The highest BCUT2D eigenvalue weighted by Crippen LogP contribution is 2.37. The molecule has 0 radical (unpaired) electrons. The molecule has 156 valence electrons. The summed E-state index contributed by atoms with van der Waals surface area (Å²) in [5.74, 6) is 1.62. The van der Waals surface area contributed by atoms with Crippen molar-refractivity contribution in [3.05, 3.63) is 71.1 Å². The number of amides is 1. The molecule has 0 atom stereocenters. The van der Waals surface area contributed by atoms with Crippen LogP contribution in [0.5, 0.6) is 5.75 Å². The minimum Gasteiger partial charge on any atom is -0.492 e. The van der Waals surface area contributed by atoms with E-state index in [4.69, 9.17) is 4.74 Å². The van der Waals surface area contributed by atoms with Crippen LogP contribution in [0, 0.1) is 0 Å². The Morgan fingerprint density at radius 2 is 2.23 bits per heavy atom. The minimum absolute atomic E-state index is 0.0930. The fourth-order valence-corrected chi connectivity index (χ4v) is 3.23. The SMILES string of the molecule is CC/C=C/N=C/C=C(\C)c1cnc(NCc2cccc(C(=O)NC)c2)c2c1OCC2. The summed E-state index contributed by atoms with van der Waals surface area (Å²) in [5.41, 5.74) is 4.79. The summed E-state index contributed by atoms with van der Waals surface area (Å²) < 4.78 is 5.92. The number of hydrogen-bond acceptors (Lipinski definition) is 5. The maximum Gasteiger partial charge on any atom is 0.251 e. The normalized spacial score (nSPS) is 13.5. The number of carbonyl (C=O) groups excluding carboxylic acids is 1. The zero-order valence-corrected chi connectivity index (χ0v) is 17.7. The Bertz CT molecular complexity index is 993. The van der Waals surface area contributed by atoms with E-state index in [9.17, 15) is 4.79 Å². The van der Waals surface area contributed by atoms with Gasteiger partial charge in [-0.05, 0) is 42.7 Å². The van der Waals surface area contributed by atoms with Crippen molar-refractivity contribution in [2.75, 3.05) is 19.0 Å². The van der Waals surface area contributed by atoms with Crippen LogP contribution >= 0.6 is 0 Å². The summed E-state index contributed by atoms with van der Waals surface area (Å²) in [6.45, 7) is 5.34. The van der Waals surface area contributed by atoms with Crippen molar-refractivity contribution >= 4 is 23.5 Å². The number of allylic oxidation sites excluding steroid dienone is 3. The van der Waals surface area contributed by atoms with Crippen molar-refractivity contribution in [2.45, 2.75) is 33.2 Å². The monoisotopic (exact) mass is 404 g/mol. The molecule has 0 bridgehead atoms. The maximum absolute atomic E-state index is 11.8. The predicted molar refractivity (Wildman–Crippen MR) is 122 cm³/mol. The second-order valence-electron chi connectivity index (χ2n) is 7.00. The van der Waals surface area contributed by atoms with E-state index in [2.05, 4.69) is 27.5 Å². The van der Waals surface area contributed by atoms with Crippen LogP contribution < -0.4 is 15.4 Å². The van der Waals surface area contributed by atoms with E-state index in [0.29, 0.717) is 18.7 Å². The first-order valence-corrected chi connectivity index (χ1v) is 10.2. The first-order valence-electron chi connectivity index (χ1n) is 10.2. The minimum atomic E-state index is -0.0930. The van der Waals surface area contributed by atoms with Crippen LogP contribution in [0.1, 0.15) is 47.3 Å². The maximum atomic E-state index is 11.8. The highest BCUT2D eigenvalue weighted by molar-refractivity contribution is 5.94. The van der Waals surface area contributed by atoms with E-state index >= 15 is 0 Å². The summed E-state index contributed by atoms with van der Waals surface area (Å²) in [4.78, 5) is 20.7. The van der Waals surface area contributed by atoms with Crippen molar-refractivity contribution < 1.29 is 9.53 Å². The van der Waals surface area contributed by atoms with Gasteiger partial charge in [-0.25, -0.2) is 4.98 Å². The number of pyridine rings is 1. The zero-order valence-electron chi connectivity index (χ0n) is 17.7. The number of anilines is 1. The van der Waals surface area contributed by atoms with Gasteiger partial charge in [-0.1, -0.05) is 25.1 Å². The molecule has 6 nitrogen and oxygen atoms in total. The van der Waals surface area contributed by atoms with Gasteiger partial charge < -0.3 is 15.4 Å². The van der Waals surface area contributed by atoms with Crippen molar-refractivity contribution in [2.24, 2.45) is 4.99 Å². The fourth-order valence-electron chi connectivity index (χ4n) is 3.23. The van der Waals surface area contributed by atoms with Crippen LogP contribution in [0.15, 0.2) is 53.8 Å². The fraction of sp³-hybridized carbons (Fsp3) is 0.292. The molecule has 0 fully saturated rings. The first-order chi connectivity index (χ1) is 14.6. The lowest BCUT2D eigenvalue weighted by Gasteiger charge is -2.13. The molecule has 1 aromatic carbocycles. The number of rotatable bonds is 8. The molecule has 3 rings (SSSR count). The lowest BCUT2D eigenvalue weighted by molar-refractivity contribution is 0.0963. The van der Waals surface area contributed by atoms with Crippen LogP contribution in [0.4, 0.5) is 5.82 Å². The topological polar surface area (TPSA) is 75.6 Å². The summed E-state index contributed by atoms with van der Waals surface area (Å²) >= 11 is 0. The van der Waals surface area contributed by atoms with E-state index in [1.807, 2.05) is 43.5 Å². The number of hydrogen-bond donors (Lipinski definition) is 2. The Labute approximate surface area is 177 Å². The van der Waals surface area contributed by atoms with Gasteiger partial charge in [0.1, 0.15) is 11.6 Å². The van der Waals surface area contributed by atoms with Crippen molar-refractivity contribution in [3.63, 3.8) is 0 Å². The average molecular weight is 405 g/mol. The second-order valence-corrected chi connectivity index (χ2v) is 7.00. The van der Waals surface area contributed by atoms with E-state index in [0.717, 1.165) is 46.7 Å². The summed E-state index contributed by atoms with van der Waals surface area (Å²) in [7, 11) is 1.63. The molecule has 1 aromatic heterocycles. The van der Waals surface area contributed by atoms with Gasteiger partial charge >= 0.3 is 0 Å². The Balaban J connectivity index is 1.76. The Hall–Kier alpha value is -3.41. The molecule has 1 aliphatic rings. The largest absolute Gasteiger partial charge is 0.492 e. The molecular formula is C24H28N4O2. The zero-order chi connectivity index (χ0) is 21.3. The van der Waals surface area contributed by atoms with E-state index < -0.39 is 0 Å². The number of benzene rings is 1. The Morgan fingerprint density at radius 1 is 1.37 bits per heavy atom. The third kappa shape index (κ3) is 5.14. The van der Waals surface area contributed by atoms with E-state index in [1.54, 1.807) is 25.5 Å². The molecule has 2 N–H and O–H groups in total. The Kier molecular flexibility index (Phi) is 7.38. The van der Waals surface area contributed by atoms with Gasteiger partial charge in [0.15, 0.2) is 0 Å². The van der Waals surface area contributed by atoms with Crippen molar-refractivity contribution in [1.29, 1.82) is 0 Å². The standard InChI is InChI=1S/C24H28N4O2/c1-4-5-11-26-12-9-17(2)21-16-28-23(20-10-13-30-22(20)21)27-15-18-7-6-8-19(14-18)24(29)25-3/h5-9,11-12,14,16H,4,10,13,15H2,1-3H3,(H,25,29)(H,27,28)/b11-5+,17-9+,26-12+. The van der Waals surface area contributed by atoms with E-state index in [-0.39, 0.29) is 5.91 Å². The van der Waals surface area contributed by atoms with Gasteiger partial charge in [0.05, 0.1) is 6.61 Å². The van der Waals surface area contributed by atoms with Crippen LogP contribution in [0.25, 0.3) is 5.57 Å². The van der Waals surface area contributed by atoms with Crippen molar-refractivity contribution in [3.8, 4) is 5.75 Å². The number of aromatic nitrogens is 1. The molecular weight excluding hydrogens is 376 g/mol. The average Bonchev–Trinajstić information content (AvgIpc) is 3.27. The molecule has 2 aromatic rings. The molecule has 0 aliphatic carbocycles. The summed E-state index contributed by atoms with van der Waals surface area (Å²) in [5, 5.41) is 6.05. The number of nitrogens with one attached hydrogen (secondary N) is 2. The highest BCUT2D eigenvalue weighted by Gasteiger charge is 2.22. The third-order valence-corrected chi connectivity index (χ3v) is 4.86. The predicted octanol–water partition coefficient (Wildman–Crippen LogP) is 4.39. The van der Waals surface area contributed by atoms with Gasteiger partial charge in [0.25, 0.3) is 5.91 Å². The lowest BCUT2D eigenvalue weighted by Crippen LogP contribution is -2.18. The second kappa shape index (κ2) is 10.4. The van der Waals surface area contributed by atoms with Crippen LogP contribution in [0.2, 0.25) is 0 Å². The van der Waals surface area contributed by atoms with E-state index in [1.165, 1.54) is 0 Å². The first kappa shape index (κ1) is 21.3. The van der Waals surface area contributed by atoms with Crippen LogP contribution in [-0.2, 0) is 13.0 Å². The van der Waals surface area contributed by atoms with Crippen LogP contribution in [0.3, 0.4) is 0 Å².